The lowest BCUT2D eigenvalue weighted by molar-refractivity contribution is -0.114. The van der Waals surface area contributed by atoms with Crippen LogP contribution in [0.25, 0.3) is 12.2 Å². The van der Waals surface area contributed by atoms with Gasteiger partial charge in [0, 0.05) is 16.5 Å². The third-order valence-electron chi connectivity index (χ3n) is 4.32. The molecule has 30 heavy (non-hydrogen) atoms. The van der Waals surface area contributed by atoms with Gasteiger partial charge in [-0.1, -0.05) is 23.5 Å². The number of nitrogens with two attached hydrogens (primary N) is 1. The second-order valence-electron chi connectivity index (χ2n) is 6.62. The molecule has 8 nitrogen and oxygen atoms in total. The molecule has 4 N–H and O–H groups in total. The third-order valence-corrected chi connectivity index (χ3v) is 6.16. The first-order valence-electron chi connectivity index (χ1n) is 8.72. The molecule has 0 fully saturated rings. The molecule has 2 aromatic carbocycles. The SMILES string of the molecule is Cc1ccc2c(c1)=NC(=O)/C(=C\c1sc(Nc3ccc(S(N)(=O)=O)cc3)nc1O)C=2. The molecule has 2 heterocycles. The van der Waals surface area contributed by atoms with Crippen LogP contribution in [0, 0.1) is 6.92 Å². The third kappa shape index (κ3) is 4.15. The van der Waals surface area contributed by atoms with Gasteiger partial charge >= 0.3 is 0 Å². The molecule has 0 aliphatic carbocycles. The molecule has 0 saturated carbocycles. The highest BCUT2D eigenvalue weighted by molar-refractivity contribution is 7.89. The Morgan fingerprint density at radius 1 is 1.17 bits per heavy atom. The Balaban J connectivity index is 1.61. The van der Waals surface area contributed by atoms with Crippen molar-refractivity contribution in [1.29, 1.82) is 0 Å². The largest absolute Gasteiger partial charge is 0.492 e. The van der Waals surface area contributed by atoms with Gasteiger partial charge in [-0.3, -0.25) is 4.79 Å². The lowest BCUT2D eigenvalue weighted by Crippen LogP contribution is -2.30. The minimum Gasteiger partial charge on any atom is -0.492 e. The van der Waals surface area contributed by atoms with Crippen molar-refractivity contribution < 1.29 is 18.3 Å². The van der Waals surface area contributed by atoms with E-state index >= 15 is 0 Å². The number of aryl methyl sites for hydroxylation is 1. The van der Waals surface area contributed by atoms with Crippen LogP contribution in [-0.4, -0.2) is 24.4 Å². The van der Waals surface area contributed by atoms with Crippen LogP contribution < -0.4 is 21.0 Å². The summed E-state index contributed by atoms with van der Waals surface area (Å²) in [7, 11) is -3.77. The first kappa shape index (κ1) is 20.0. The summed E-state index contributed by atoms with van der Waals surface area (Å²) < 4.78 is 22.7. The number of rotatable bonds is 4. The molecule has 152 valence electrons. The molecule has 0 bridgehead atoms. The minimum absolute atomic E-state index is 0.00830. The summed E-state index contributed by atoms with van der Waals surface area (Å²) in [5, 5.41) is 20.1. The number of anilines is 2. The normalized spacial score (nSPS) is 14.7. The first-order chi connectivity index (χ1) is 14.2. The maximum absolute atomic E-state index is 12.4. The highest BCUT2D eigenvalue weighted by Gasteiger charge is 2.15. The van der Waals surface area contributed by atoms with Gasteiger partial charge in [0.2, 0.25) is 15.9 Å². The van der Waals surface area contributed by atoms with Gasteiger partial charge in [0.05, 0.1) is 15.1 Å². The summed E-state index contributed by atoms with van der Waals surface area (Å²) in [6.07, 6.45) is 3.26. The van der Waals surface area contributed by atoms with Gasteiger partial charge in [0.15, 0.2) is 5.13 Å². The van der Waals surface area contributed by atoms with Crippen molar-refractivity contribution >= 4 is 50.2 Å². The number of aromatic hydroxyl groups is 1. The summed E-state index contributed by atoms with van der Waals surface area (Å²) in [5.74, 6) is -0.624. The van der Waals surface area contributed by atoms with Crippen molar-refractivity contribution in [2.45, 2.75) is 11.8 Å². The van der Waals surface area contributed by atoms with Crippen LogP contribution in [0.15, 0.2) is 57.9 Å². The van der Waals surface area contributed by atoms with Crippen LogP contribution in [0.3, 0.4) is 0 Å². The molecule has 10 heteroatoms. The number of nitrogens with zero attached hydrogens (tertiary/aromatic N) is 2. The molecule has 0 atom stereocenters. The van der Waals surface area contributed by atoms with E-state index in [0.717, 1.165) is 22.1 Å². The number of sulfonamides is 1. The molecule has 1 aliphatic heterocycles. The lowest BCUT2D eigenvalue weighted by atomic mass is 10.1. The van der Waals surface area contributed by atoms with Crippen LogP contribution >= 0.6 is 11.3 Å². The molecule has 1 aliphatic rings. The topological polar surface area (TPSA) is 135 Å². The summed E-state index contributed by atoms with van der Waals surface area (Å²) in [5.41, 5.74) is 1.92. The van der Waals surface area contributed by atoms with E-state index in [9.17, 15) is 18.3 Å². The summed E-state index contributed by atoms with van der Waals surface area (Å²) in [6, 6.07) is 11.5. The summed E-state index contributed by atoms with van der Waals surface area (Å²) >= 11 is 1.14. The molecule has 0 radical (unpaired) electrons. The second kappa shape index (κ2) is 7.48. The Labute approximate surface area is 175 Å². The van der Waals surface area contributed by atoms with Crippen LogP contribution in [0.5, 0.6) is 5.88 Å². The van der Waals surface area contributed by atoms with Crippen molar-refractivity contribution in [3.63, 3.8) is 0 Å². The molecule has 4 rings (SSSR count). The number of nitrogens with one attached hydrogen (secondary N) is 1. The number of hydrogen-bond donors (Lipinski definition) is 3. The maximum atomic E-state index is 12.4. The molecular weight excluding hydrogens is 424 g/mol. The molecule has 1 amide bonds. The van der Waals surface area contributed by atoms with Crippen LogP contribution in [-0.2, 0) is 14.8 Å². The number of thiazole rings is 1. The molecule has 0 spiro atoms. The van der Waals surface area contributed by atoms with Gasteiger partial charge in [-0.25, -0.2) is 18.5 Å². The molecular formula is C20H16N4O4S2. The predicted molar refractivity (Wildman–Crippen MR) is 114 cm³/mol. The van der Waals surface area contributed by atoms with Gasteiger partial charge in [0.25, 0.3) is 5.91 Å². The van der Waals surface area contributed by atoms with E-state index in [1.165, 1.54) is 30.3 Å². The van der Waals surface area contributed by atoms with E-state index in [0.29, 0.717) is 26.6 Å². The number of hydrogen-bond acceptors (Lipinski definition) is 7. The smallest absolute Gasteiger partial charge is 0.277 e. The van der Waals surface area contributed by atoms with Crippen LogP contribution in [0.2, 0.25) is 0 Å². The van der Waals surface area contributed by atoms with E-state index in [1.54, 1.807) is 6.08 Å². The monoisotopic (exact) mass is 440 g/mol. The number of carbonyl (C=O) groups is 1. The van der Waals surface area contributed by atoms with Gasteiger partial charge in [-0.05, 0) is 55.0 Å². The molecule has 0 saturated heterocycles. The van der Waals surface area contributed by atoms with E-state index in [1.807, 2.05) is 25.1 Å². The standard InChI is InChI=1S/C20H16N4O4S2/c1-11-2-3-12-9-13(18(25)23-16(12)8-11)10-17-19(26)24-20(29-17)22-14-4-6-15(7-5-14)30(21,27)28/h2-10,26H,1H3,(H,22,24)(H2,21,27,28)/b13-10-. The number of carbonyl (C=O) groups excluding carboxylic acids is 1. The summed E-state index contributed by atoms with van der Waals surface area (Å²) in [4.78, 5) is 20.9. The maximum Gasteiger partial charge on any atom is 0.277 e. The number of fused-ring (bicyclic) bond motifs is 1. The Morgan fingerprint density at radius 3 is 2.60 bits per heavy atom. The Bertz CT molecular complexity index is 1420. The van der Waals surface area contributed by atoms with Crippen molar-refractivity contribution in [3.8, 4) is 5.88 Å². The predicted octanol–water partition coefficient (Wildman–Crippen LogP) is 1.57. The Kier molecular flexibility index (Phi) is 4.98. The summed E-state index contributed by atoms with van der Waals surface area (Å²) in [6.45, 7) is 1.93. The number of amides is 1. The Morgan fingerprint density at radius 2 is 1.90 bits per heavy atom. The fourth-order valence-electron chi connectivity index (χ4n) is 2.84. The van der Waals surface area contributed by atoms with E-state index in [-0.39, 0.29) is 10.8 Å². The minimum atomic E-state index is -3.77. The zero-order valence-electron chi connectivity index (χ0n) is 15.7. The molecule has 3 aromatic rings. The van der Waals surface area contributed by atoms with E-state index in [4.69, 9.17) is 5.14 Å². The average Bonchev–Trinajstić information content (AvgIpc) is 3.01. The van der Waals surface area contributed by atoms with Crippen molar-refractivity contribution in [2.24, 2.45) is 10.1 Å². The highest BCUT2D eigenvalue weighted by atomic mass is 32.2. The quantitative estimate of drug-likeness (QED) is 0.527. The Hall–Kier alpha value is -3.34. The zero-order valence-corrected chi connectivity index (χ0v) is 17.3. The number of primary sulfonamides is 1. The lowest BCUT2D eigenvalue weighted by Gasteiger charge is -2.04. The molecule has 1 aromatic heterocycles. The molecule has 0 unspecified atom stereocenters. The fraction of sp³-hybridized carbons (Fsp3) is 0.0500. The average molecular weight is 441 g/mol. The first-order valence-corrected chi connectivity index (χ1v) is 11.1. The van der Waals surface area contributed by atoms with Crippen molar-refractivity contribution in [1.82, 2.24) is 4.98 Å². The van der Waals surface area contributed by atoms with Gasteiger partial charge < -0.3 is 10.4 Å². The van der Waals surface area contributed by atoms with Crippen molar-refractivity contribution in [2.75, 3.05) is 5.32 Å². The van der Waals surface area contributed by atoms with E-state index < -0.39 is 15.9 Å². The van der Waals surface area contributed by atoms with Crippen LogP contribution in [0.4, 0.5) is 10.8 Å². The van der Waals surface area contributed by atoms with Gasteiger partial charge in [-0.15, -0.1) is 0 Å². The highest BCUT2D eigenvalue weighted by Crippen LogP contribution is 2.32. The number of benzene rings is 2. The van der Waals surface area contributed by atoms with Gasteiger partial charge in [-0.2, -0.15) is 4.98 Å². The van der Waals surface area contributed by atoms with Crippen molar-refractivity contribution in [3.05, 3.63) is 69.1 Å². The fourth-order valence-corrected chi connectivity index (χ4v) is 4.19. The number of aromatic nitrogens is 1. The van der Waals surface area contributed by atoms with E-state index in [2.05, 4.69) is 15.3 Å². The zero-order chi connectivity index (χ0) is 21.5. The second-order valence-corrected chi connectivity index (χ2v) is 9.22. The van der Waals surface area contributed by atoms with Crippen LogP contribution in [0.1, 0.15) is 10.4 Å². The van der Waals surface area contributed by atoms with Gasteiger partial charge in [0.1, 0.15) is 0 Å².